The van der Waals surface area contributed by atoms with Crippen molar-refractivity contribution >= 4 is 0 Å². The molecule has 1 aliphatic rings. The van der Waals surface area contributed by atoms with Crippen LogP contribution in [0.2, 0.25) is 0 Å². The standard InChI is InChI=1S/C8H14N2O/c1-11-8-4-2-3-7(8)10-6-5-9/h7-8,10H,2-4,6H2,1H3. The Balaban J connectivity index is 2.27. The summed E-state index contributed by atoms with van der Waals surface area (Å²) in [6, 6.07) is 2.48. The second kappa shape index (κ2) is 4.32. The smallest absolute Gasteiger partial charge is 0.0843 e. The van der Waals surface area contributed by atoms with Gasteiger partial charge in [0.25, 0.3) is 0 Å². The van der Waals surface area contributed by atoms with Gasteiger partial charge in [-0.05, 0) is 19.3 Å². The van der Waals surface area contributed by atoms with Crippen LogP contribution in [0.1, 0.15) is 19.3 Å². The number of methoxy groups -OCH3 is 1. The van der Waals surface area contributed by atoms with E-state index in [1.54, 1.807) is 7.11 Å². The summed E-state index contributed by atoms with van der Waals surface area (Å²) in [6.45, 7) is 0.435. The first-order valence-corrected chi connectivity index (χ1v) is 4.01. The molecule has 0 bridgehead atoms. The predicted molar refractivity (Wildman–Crippen MR) is 42.1 cm³/mol. The van der Waals surface area contributed by atoms with E-state index >= 15 is 0 Å². The molecule has 0 aromatic carbocycles. The molecule has 0 spiro atoms. The minimum atomic E-state index is 0.323. The molecule has 2 unspecified atom stereocenters. The van der Waals surface area contributed by atoms with Crippen LogP contribution in [0.4, 0.5) is 0 Å². The number of nitrogens with zero attached hydrogens (tertiary/aromatic N) is 1. The van der Waals surface area contributed by atoms with Crippen molar-refractivity contribution < 1.29 is 4.74 Å². The minimum absolute atomic E-state index is 0.323. The zero-order chi connectivity index (χ0) is 8.10. The lowest BCUT2D eigenvalue weighted by molar-refractivity contribution is 0.0865. The van der Waals surface area contributed by atoms with E-state index in [1.807, 2.05) is 0 Å². The van der Waals surface area contributed by atoms with E-state index < -0.39 is 0 Å². The van der Waals surface area contributed by atoms with Gasteiger partial charge in [0.2, 0.25) is 0 Å². The van der Waals surface area contributed by atoms with Gasteiger partial charge in [-0.3, -0.25) is 5.32 Å². The maximum atomic E-state index is 8.33. The molecule has 1 N–H and O–H groups in total. The van der Waals surface area contributed by atoms with Crippen molar-refractivity contribution in [2.24, 2.45) is 0 Å². The van der Waals surface area contributed by atoms with Crippen LogP contribution in [0.25, 0.3) is 0 Å². The number of hydrogen-bond donors (Lipinski definition) is 1. The lowest BCUT2D eigenvalue weighted by atomic mass is 10.2. The van der Waals surface area contributed by atoms with Gasteiger partial charge in [-0.25, -0.2) is 0 Å². The molecule has 11 heavy (non-hydrogen) atoms. The molecule has 62 valence electrons. The third-order valence-corrected chi connectivity index (χ3v) is 2.20. The molecule has 3 heteroatoms. The van der Waals surface area contributed by atoms with Crippen LogP contribution in [0.15, 0.2) is 0 Å². The molecular formula is C8H14N2O. The fourth-order valence-corrected chi connectivity index (χ4v) is 1.62. The van der Waals surface area contributed by atoms with Crippen molar-refractivity contribution in [1.29, 1.82) is 5.26 Å². The van der Waals surface area contributed by atoms with Crippen LogP contribution in [-0.4, -0.2) is 25.8 Å². The second-order valence-corrected chi connectivity index (χ2v) is 2.85. The normalized spacial score (nSPS) is 30.2. The first-order valence-electron chi connectivity index (χ1n) is 4.01. The van der Waals surface area contributed by atoms with Crippen molar-refractivity contribution in [2.45, 2.75) is 31.4 Å². The van der Waals surface area contributed by atoms with E-state index in [0.717, 1.165) is 12.8 Å². The van der Waals surface area contributed by atoms with E-state index in [9.17, 15) is 0 Å². The van der Waals surface area contributed by atoms with Crippen LogP contribution in [0, 0.1) is 11.3 Å². The predicted octanol–water partition coefficient (Wildman–Crippen LogP) is 0.667. The highest BCUT2D eigenvalue weighted by molar-refractivity contribution is 4.87. The van der Waals surface area contributed by atoms with Gasteiger partial charge < -0.3 is 4.74 Å². The molecule has 2 atom stereocenters. The lowest BCUT2D eigenvalue weighted by Gasteiger charge is -2.17. The van der Waals surface area contributed by atoms with Crippen LogP contribution in [-0.2, 0) is 4.74 Å². The average Bonchev–Trinajstić information content (AvgIpc) is 2.47. The summed E-state index contributed by atoms with van der Waals surface area (Å²) in [5.41, 5.74) is 0. The van der Waals surface area contributed by atoms with Gasteiger partial charge >= 0.3 is 0 Å². The van der Waals surface area contributed by atoms with Gasteiger partial charge in [-0.2, -0.15) is 5.26 Å². The Morgan fingerprint density at radius 2 is 2.45 bits per heavy atom. The molecule has 0 amide bonds. The molecule has 0 saturated heterocycles. The van der Waals surface area contributed by atoms with E-state index in [0.29, 0.717) is 18.7 Å². The highest BCUT2D eigenvalue weighted by Crippen LogP contribution is 2.20. The van der Waals surface area contributed by atoms with Crippen molar-refractivity contribution in [2.75, 3.05) is 13.7 Å². The van der Waals surface area contributed by atoms with Gasteiger partial charge in [0.15, 0.2) is 0 Å². The van der Waals surface area contributed by atoms with Crippen molar-refractivity contribution in [3.05, 3.63) is 0 Å². The van der Waals surface area contributed by atoms with Crippen molar-refractivity contribution in [3.8, 4) is 6.07 Å². The summed E-state index contributed by atoms with van der Waals surface area (Å²) in [7, 11) is 1.73. The zero-order valence-electron chi connectivity index (χ0n) is 6.84. The maximum absolute atomic E-state index is 8.33. The summed E-state index contributed by atoms with van der Waals surface area (Å²) >= 11 is 0. The van der Waals surface area contributed by atoms with Gasteiger partial charge in [0.1, 0.15) is 0 Å². The third-order valence-electron chi connectivity index (χ3n) is 2.20. The molecule has 0 radical (unpaired) electrons. The quantitative estimate of drug-likeness (QED) is 0.607. The summed E-state index contributed by atoms with van der Waals surface area (Å²) in [4.78, 5) is 0. The highest BCUT2D eigenvalue weighted by atomic mass is 16.5. The summed E-state index contributed by atoms with van der Waals surface area (Å²) in [5.74, 6) is 0. The molecule has 1 fully saturated rings. The van der Waals surface area contributed by atoms with E-state index in [2.05, 4.69) is 11.4 Å². The maximum Gasteiger partial charge on any atom is 0.0843 e. The zero-order valence-corrected chi connectivity index (χ0v) is 6.84. The molecule has 0 aromatic rings. The Morgan fingerprint density at radius 3 is 3.09 bits per heavy atom. The molecular weight excluding hydrogens is 140 g/mol. The fraction of sp³-hybridized carbons (Fsp3) is 0.875. The Labute approximate surface area is 67.3 Å². The van der Waals surface area contributed by atoms with Crippen molar-refractivity contribution in [3.63, 3.8) is 0 Å². The molecule has 1 rings (SSSR count). The van der Waals surface area contributed by atoms with Crippen molar-refractivity contribution in [1.82, 2.24) is 5.32 Å². The first kappa shape index (κ1) is 8.51. The average molecular weight is 154 g/mol. The van der Waals surface area contributed by atoms with Gasteiger partial charge in [0.05, 0.1) is 18.7 Å². The number of ether oxygens (including phenoxy) is 1. The van der Waals surface area contributed by atoms with Crippen LogP contribution >= 0.6 is 0 Å². The number of rotatable bonds is 3. The fourth-order valence-electron chi connectivity index (χ4n) is 1.62. The molecule has 1 aliphatic carbocycles. The molecule has 3 nitrogen and oxygen atoms in total. The summed E-state index contributed by atoms with van der Waals surface area (Å²) in [5, 5.41) is 11.5. The van der Waals surface area contributed by atoms with Crippen LogP contribution in [0.5, 0.6) is 0 Å². The minimum Gasteiger partial charge on any atom is -0.380 e. The largest absolute Gasteiger partial charge is 0.380 e. The molecule has 0 aliphatic heterocycles. The molecule has 0 aromatic heterocycles. The Hall–Kier alpha value is -0.590. The van der Waals surface area contributed by atoms with Gasteiger partial charge in [-0.15, -0.1) is 0 Å². The van der Waals surface area contributed by atoms with Crippen LogP contribution < -0.4 is 5.32 Å². The van der Waals surface area contributed by atoms with E-state index in [4.69, 9.17) is 10.00 Å². The summed E-state index contributed by atoms with van der Waals surface area (Å²) < 4.78 is 5.25. The van der Waals surface area contributed by atoms with Gasteiger partial charge in [0, 0.05) is 13.2 Å². The number of hydrogen-bond acceptors (Lipinski definition) is 3. The SMILES string of the molecule is COC1CCCC1NCC#N. The second-order valence-electron chi connectivity index (χ2n) is 2.85. The molecule has 1 saturated carbocycles. The van der Waals surface area contributed by atoms with Crippen LogP contribution in [0.3, 0.4) is 0 Å². The number of nitrogens with one attached hydrogen (secondary N) is 1. The Bertz CT molecular complexity index is 153. The monoisotopic (exact) mass is 154 g/mol. The van der Waals surface area contributed by atoms with Gasteiger partial charge in [-0.1, -0.05) is 0 Å². The Kier molecular flexibility index (Phi) is 3.34. The van der Waals surface area contributed by atoms with E-state index in [-0.39, 0.29) is 0 Å². The van der Waals surface area contributed by atoms with E-state index in [1.165, 1.54) is 6.42 Å². The lowest BCUT2D eigenvalue weighted by Crippen LogP contribution is -2.36. The Morgan fingerprint density at radius 1 is 1.64 bits per heavy atom. The third kappa shape index (κ3) is 2.18. The summed E-state index contributed by atoms with van der Waals surface area (Å²) in [6.07, 6.45) is 3.80. The topological polar surface area (TPSA) is 45.0 Å². The first-order chi connectivity index (χ1) is 5.38. The molecule has 0 heterocycles. The highest BCUT2D eigenvalue weighted by Gasteiger charge is 2.25. The number of nitriles is 1.